The van der Waals surface area contributed by atoms with Crippen molar-refractivity contribution in [3.8, 4) is 5.75 Å². The summed E-state index contributed by atoms with van der Waals surface area (Å²) in [6, 6.07) is 4.69. The summed E-state index contributed by atoms with van der Waals surface area (Å²) in [5.74, 6) is 1.01. The highest BCUT2D eigenvalue weighted by atomic mass is 32.2. The standard InChI is InChI=1S/C17H24N2O4S/c1-5-18-17(22)11(2)19-16(21)10-24-9-14-8-13(12(3)20)6-7-15(14)23-4/h6-8,11H,5,9-10H2,1-4H3,(H,18,22)(H,19,21)/t11-/m0/s1. The van der Waals surface area contributed by atoms with Gasteiger partial charge in [-0.3, -0.25) is 14.4 Å². The van der Waals surface area contributed by atoms with Crippen molar-refractivity contribution >= 4 is 29.4 Å². The molecule has 6 nitrogen and oxygen atoms in total. The minimum absolute atomic E-state index is 0.0163. The van der Waals surface area contributed by atoms with Gasteiger partial charge < -0.3 is 15.4 Å². The van der Waals surface area contributed by atoms with Crippen molar-refractivity contribution < 1.29 is 19.1 Å². The second-order valence-electron chi connectivity index (χ2n) is 5.26. The van der Waals surface area contributed by atoms with Gasteiger partial charge >= 0.3 is 0 Å². The molecule has 0 bridgehead atoms. The van der Waals surface area contributed by atoms with Crippen LogP contribution in [0.1, 0.15) is 36.7 Å². The number of carbonyl (C=O) groups is 3. The first kappa shape index (κ1) is 20.0. The molecule has 24 heavy (non-hydrogen) atoms. The van der Waals surface area contributed by atoms with Gasteiger partial charge in [-0.1, -0.05) is 0 Å². The predicted octanol–water partition coefficient (Wildman–Crippen LogP) is 1.77. The number of likely N-dealkylation sites (N-methyl/N-ethyl adjacent to an activating group) is 1. The summed E-state index contributed by atoms with van der Waals surface area (Å²) < 4.78 is 5.28. The molecule has 0 saturated carbocycles. The van der Waals surface area contributed by atoms with Gasteiger partial charge in [0.2, 0.25) is 11.8 Å². The second kappa shape index (κ2) is 9.97. The largest absolute Gasteiger partial charge is 0.496 e. The fourth-order valence-corrected chi connectivity index (χ4v) is 2.86. The van der Waals surface area contributed by atoms with E-state index in [2.05, 4.69) is 10.6 Å². The molecule has 0 spiro atoms. The van der Waals surface area contributed by atoms with Crippen molar-refractivity contribution in [2.75, 3.05) is 19.4 Å². The Morgan fingerprint density at radius 1 is 1.29 bits per heavy atom. The van der Waals surface area contributed by atoms with Crippen LogP contribution in [0.3, 0.4) is 0 Å². The van der Waals surface area contributed by atoms with Gasteiger partial charge in [-0.25, -0.2) is 0 Å². The van der Waals surface area contributed by atoms with Gasteiger partial charge in [-0.05, 0) is 39.0 Å². The van der Waals surface area contributed by atoms with Crippen LogP contribution >= 0.6 is 11.8 Å². The molecule has 0 unspecified atom stereocenters. The molecular formula is C17H24N2O4S. The van der Waals surface area contributed by atoms with E-state index in [1.807, 2.05) is 6.92 Å². The number of benzene rings is 1. The number of ether oxygens (including phenoxy) is 1. The lowest BCUT2D eigenvalue weighted by Crippen LogP contribution is -2.45. The first-order valence-corrected chi connectivity index (χ1v) is 8.87. The summed E-state index contributed by atoms with van der Waals surface area (Å²) in [5, 5.41) is 5.31. The molecule has 0 aromatic heterocycles. The Kier molecular flexibility index (Phi) is 8.32. The van der Waals surface area contributed by atoms with Crippen LogP contribution in [0.15, 0.2) is 18.2 Å². The summed E-state index contributed by atoms with van der Waals surface area (Å²) in [6.07, 6.45) is 0. The number of hydrogen-bond acceptors (Lipinski definition) is 5. The lowest BCUT2D eigenvalue weighted by atomic mass is 10.1. The monoisotopic (exact) mass is 352 g/mol. The predicted molar refractivity (Wildman–Crippen MR) is 95.4 cm³/mol. The molecule has 1 aromatic rings. The van der Waals surface area contributed by atoms with Crippen molar-refractivity contribution in [1.29, 1.82) is 0 Å². The molecule has 1 aromatic carbocycles. The number of rotatable bonds is 9. The number of Topliss-reactive ketones (excluding diaryl/α,β-unsaturated/α-hetero) is 1. The Balaban J connectivity index is 2.55. The van der Waals surface area contributed by atoms with Crippen LogP contribution in [-0.4, -0.2) is 43.0 Å². The third-order valence-electron chi connectivity index (χ3n) is 3.30. The number of methoxy groups -OCH3 is 1. The quantitative estimate of drug-likeness (QED) is 0.662. The first-order valence-electron chi connectivity index (χ1n) is 7.71. The summed E-state index contributed by atoms with van der Waals surface area (Å²) in [5.41, 5.74) is 1.47. The van der Waals surface area contributed by atoms with E-state index in [9.17, 15) is 14.4 Å². The lowest BCUT2D eigenvalue weighted by Gasteiger charge is -2.13. The van der Waals surface area contributed by atoms with Gasteiger partial charge in [0.1, 0.15) is 11.8 Å². The van der Waals surface area contributed by atoms with E-state index in [1.165, 1.54) is 18.7 Å². The average Bonchev–Trinajstić information content (AvgIpc) is 2.54. The Labute approximate surface area is 146 Å². The van der Waals surface area contributed by atoms with Crippen LogP contribution in [-0.2, 0) is 15.3 Å². The Hall–Kier alpha value is -2.02. The van der Waals surface area contributed by atoms with Gasteiger partial charge in [0.15, 0.2) is 5.78 Å². The van der Waals surface area contributed by atoms with Gasteiger partial charge in [-0.15, -0.1) is 11.8 Å². The van der Waals surface area contributed by atoms with E-state index in [4.69, 9.17) is 4.74 Å². The molecule has 0 heterocycles. The highest BCUT2D eigenvalue weighted by Crippen LogP contribution is 2.24. The maximum absolute atomic E-state index is 11.9. The van der Waals surface area contributed by atoms with Gasteiger partial charge in [0.05, 0.1) is 12.9 Å². The summed E-state index contributed by atoms with van der Waals surface area (Å²) in [4.78, 5) is 34.9. The molecule has 0 radical (unpaired) electrons. The summed E-state index contributed by atoms with van der Waals surface area (Å²) in [6.45, 7) is 5.51. The van der Waals surface area contributed by atoms with Crippen molar-refractivity contribution in [1.82, 2.24) is 10.6 Å². The number of carbonyl (C=O) groups excluding carboxylic acids is 3. The van der Waals surface area contributed by atoms with E-state index in [0.29, 0.717) is 23.6 Å². The van der Waals surface area contributed by atoms with Crippen molar-refractivity contribution in [3.63, 3.8) is 0 Å². The van der Waals surface area contributed by atoms with Crippen LogP contribution in [0.25, 0.3) is 0 Å². The molecule has 132 valence electrons. The number of nitrogens with one attached hydrogen (secondary N) is 2. The lowest BCUT2D eigenvalue weighted by molar-refractivity contribution is -0.127. The van der Waals surface area contributed by atoms with Crippen molar-refractivity contribution in [2.24, 2.45) is 0 Å². The van der Waals surface area contributed by atoms with Crippen molar-refractivity contribution in [2.45, 2.75) is 32.6 Å². The van der Waals surface area contributed by atoms with Crippen LogP contribution in [0, 0.1) is 0 Å². The van der Waals surface area contributed by atoms with Gasteiger partial charge in [-0.2, -0.15) is 0 Å². The van der Waals surface area contributed by atoms with Crippen LogP contribution in [0.5, 0.6) is 5.75 Å². The second-order valence-corrected chi connectivity index (χ2v) is 6.24. The number of hydrogen-bond donors (Lipinski definition) is 2. The molecule has 7 heteroatoms. The van der Waals surface area contributed by atoms with Crippen LogP contribution < -0.4 is 15.4 Å². The third kappa shape index (κ3) is 6.23. The molecule has 0 aliphatic carbocycles. The average molecular weight is 352 g/mol. The zero-order valence-corrected chi connectivity index (χ0v) is 15.3. The molecule has 2 amide bonds. The topological polar surface area (TPSA) is 84.5 Å². The minimum Gasteiger partial charge on any atom is -0.496 e. The molecule has 1 atom stereocenters. The maximum atomic E-state index is 11.9. The highest BCUT2D eigenvalue weighted by molar-refractivity contribution is 7.99. The number of amides is 2. The molecule has 0 aliphatic heterocycles. The summed E-state index contributed by atoms with van der Waals surface area (Å²) >= 11 is 1.40. The fraction of sp³-hybridized carbons (Fsp3) is 0.471. The third-order valence-corrected chi connectivity index (χ3v) is 4.28. The van der Waals surface area contributed by atoms with Gasteiger partial charge in [0, 0.05) is 23.4 Å². The number of ketones is 1. The highest BCUT2D eigenvalue weighted by Gasteiger charge is 2.15. The van der Waals surface area contributed by atoms with E-state index in [0.717, 1.165) is 5.56 Å². The number of thioether (sulfide) groups is 1. The zero-order chi connectivity index (χ0) is 18.1. The first-order chi connectivity index (χ1) is 11.4. The maximum Gasteiger partial charge on any atom is 0.242 e. The molecule has 1 rings (SSSR count). The van der Waals surface area contributed by atoms with E-state index in [1.54, 1.807) is 32.2 Å². The van der Waals surface area contributed by atoms with Crippen LogP contribution in [0.2, 0.25) is 0 Å². The molecule has 0 aliphatic rings. The fourth-order valence-electron chi connectivity index (χ4n) is 2.04. The summed E-state index contributed by atoms with van der Waals surface area (Å²) in [7, 11) is 1.57. The molecular weight excluding hydrogens is 328 g/mol. The Morgan fingerprint density at radius 2 is 2.00 bits per heavy atom. The van der Waals surface area contributed by atoms with Crippen LogP contribution in [0.4, 0.5) is 0 Å². The minimum atomic E-state index is -0.561. The Bertz CT molecular complexity index is 604. The van der Waals surface area contributed by atoms with Crippen molar-refractivity contribution in [3.05, 3.63) is 29.3 Å². The van der Waals surface area contributed by atoms with E-state index in [-0.39, 0.29) is 23.4 Å². The SMILES string of the molecule is CCNC(=O)[C@H](C)NC(=O)CSCc1cc(C(C)=O)ccc1OC. The Morgan fingerprint density at radius 3 is 2.58 bits per heavy atom. The normalized spacial score (nSPS) is 11.5. The molecule has 0 saturated heterocycles. The smallest absolute Gasteiger partial charge is 0.242 e. The zero-order valence-electron chi connectivity index (χ0n) is 14.5. The molecule has 0 fully saturated rings. The molecule has 2 N–H and O–H groups in total. The van der Waals surface area contributed by atoms with E-state index < -0.39 is 6.04 Å². The van der Waals surface area contributed by atoms with Gasteiger partial charge in [0.25, 0.3) is 0 Å². The van der Waals surface area contributed by atoms with E-state index >= 15 is 0 Å².